The first-order valence-corrected chi connectivity index (χ1v) is 7.08. The zero-order chi connectivity index (χ0) is 14.1. The van der Waals surface area contributed by atoms with Gasteiger partial charge in [-0.1, -0.05) is 6.92 Å². The molecule has 1 amide bonds. The molecule has 1 fully saturated rings. The molecular formula is C15H20N2O3. The predicted octanol–water partition coefficient (Wildman–Crippen LogP) is 2.25. The van der Waals surface area contributed by atoms with Crippen molar-refractivity contribution in [3.63, 3.8) is 0 Å². The Kier molecular flexibility index (Phi) is 3.53. The first-order valence-electron chi connectivity index (χ1n) is 7.08. The number of fused-ring (bicyclic) bond motifs is 3. The van der Waals surface area contributed by atoms with Crippen LogP contribution >= 0.6 is 0 Å². The van der Waals surface area contributed by atoms with Crippen LogP contribution in [0.2, 0.25) is 0 Å². The molecule has 0 N–H and O–H groups in total. The van der Waals surface area contributed by atoms with E-state index < -0.39 is 0 Å². The van der Waals surface area contributed by atoms with Gasteiger partial charge in [-0.25, -0.2) is 4.79 Å². The molecule has 1 saturated heterocycles. The Balaban J connectivity index is 2.04. The maximum atomic E-state index is 12.0. The van der Waals surface area contributed by atoms with E-state index in [-0.39, 0.29) is 12.1 Å². The van der Waals surface area contributed by atoms with Gasteiger partial charge in [0, 0.05) is 13.1 Å². The largest absolute Gasteiger partial charge is 0.497 e. The molecular weight excluding hydrogens is 256 g/mol. The summed E-state index contributed by atoms with van der Waals surface area (Å²) in [7, 11) is 1.66. The van der Waals surface area contributed by atoms with Crippen LogP contribution in [0, 0.1) is 0 Å². The molecule has 20 heavy (non-hydrogen) atoms. The normalized spacial score (nSPS) is 22.6. The second kappa shape index (κ2) is 5.32. The average Bonchev–Trinajstić information content (AvgIpc) is 2.81. The zero-order valence-electron chi connectivity index (χ0n) is 12.0. The number of methoxy groups -OCH3 is 1. The van der Waals surface area contributed by atoms with Crippen LogP contribution in [-0.4, -0.2) is 43.8 Å². The average molecular weight is 276 g/mol. The number of cyclic esters (lactones) is 1. The van der Waals surface area contributed by atoms with Crippen LogP contribution in [0.1, 0.15) is 18.9 Å². The van der Waals surface area contributed by atoms with E-state index >= 15 is 0 Å². The summed E-state index contributed by atoms with van der Waals surface area (Å²) in [6.45, 7) is 5.46. The number of rotatable bonds is 2. The van der Waals surface area contributed by atoms with Crippen molar-refractivity contribution in [1.82, 2.24) is 4.90 Å². The van der Waals surface area contributed by atoms with Gasteiger partial charge < -0.3 is 9.47 Å². The minimum absolute atomic E-state index is 0.143. The van der Waals surface area contributed by atoms with Crippen LogP contribution in [0.25, 0.3) is 0 Å². The molecule has 0 saturated carbocycles. The molecule has 0 unspecified atom stereocenters. The number of amides is 1. The quantitative estimate of drug-likeness (QED) is 0.831. The van der Waals surface area contributed by atoms with Crippen molar-refractivity contribution in [2.24, 2.45) is 0 Å². The highest BCUT2D eigenvalue weighted by molar-refractivity contribution is 5.91. The molecule has 0 aliphatic carbocycles. The Bertz CT molecular complexity index is 518. The fourth-order valence-corrected chi connectivity index (χ4v) is 2.94. The van der Waals surface area contributed by atoms with Crippen molar-refractivity contribution in [3.05, 3.63) is 23.8 Å². The molecule has 2 aliphatic rings. The van der Waals surface area contributed by atoms with E-state index in [2.05, 4.69) is 11.8 Å². The minimum atomic E-state index is -0.230. The molecule has 108 valence electrons. The van der Waals surface area contributed by atoms with Crippen molar-refractivity contribution >= 4 is 11.8 Å². The van der Waals surface area contributed by atoms with Gasteiger partial charge in [-0.05, 0) is 36.7 Å². The summed E-state index contributed by atoms with van der Waals surface area (Å²) in [6, 6.07) is 6.03. The molecule has 5 heteroatoms. The van der Waals surface area contributed by atoms with Gasteiger partial charge in [0.25, 0.3) is 0 Å². The number of hydrogen-bond donors (Lipinski definition) is 0. The van der Waals surface area contributed by atoms with E-state index in [9.17, 15) is 4.79 Å². The van der Waals surface area contributed by atoms with E-state index in [4.69, 9.17) is 9.47 Å². The maximum absolute atomic E-state index is 12.0. The lowest BCUT2D eigenvalue weighted by Crippen LogP contribution is -2.40. The monoisotopic (exact) mass is 276 g/mol. The van der Waals surface area contributed by atoms with Gasteiger partial charge in [-0.3, -0.25) is 9.80 Å². The lowest BCUT2D eigenvalue weighted by atomic mass is 10.1. The standard InChI is InChI=1S/C15H20N2O3/c1-3-16-7-6-12-10-20-15(18)17(12)14-5-4-13(19-2)8-11(14)9-16/h4-5,8,12H,3,6-7,9-10H2,1-2H3/t12-/m0/s1. The Labute approximate surface area is 119 Å². The summed E-state index contributed by atoms with van der Waals surface area (Å²) >= 11 is 0. The first-order chi connectivity index (χ1) is 9.72. The summed E-state index contributed by atoms with van der Waals surface area (Å²) < 4.78 is 10.5. The third-order valence-corrected chi connectivity index (χ3v) is 4.13. The van der Waals surface area contributed by atoms with Crippen LogP contribution in [0.3, 0.4) is 0 Å². The van der Waals surface area contributed by atoms with Gasteiger partial charge in [-0.2, -0.15) is 0 Å². The fourth-order valence-electron chi connectivity index (χ4n) is 2.94. The van der Waals surface area contributed by atoms with E-state index in [0.29, 0.717) is 6.61 Å². The topological polar surface area (TPSA) is 42.0 Å². The van der Waals surface area contributed by atoms with Crippen molar-refractivity contribution in [1.29, 1.82) is 0 Å². The van der Waals surface area contributed by atoms with Crippen molar-refractivity contribution in [2.75, 3.05) is 31.7 Å². The van der Waals surface area contributed by atoms with E-state index in [1.807, 2.05) is 23.1 Å². The number of carbonyl (C=O) groups excluding carboxylic acids is 1. The van der Waals surface area contributed by atoms with E-state index in [0.717, 1.165) is 43.1 Å². The highest BCUT2D eigenvalue weighted by Gasteiger charge is 2.36. The molecule has 1 aromatic rings. The number of ether oxygens (including phenoxy) is 2. The Hall–Kier alpha value is -1.75. The fraction of sp³-hybridized carbons (Fsp3) is 0.533. The van der Waals surface area contributed by atoms with E-state index in [1.165, 1.54) is 0 Å². The molecule has 0 spiro atoms. The minimum Gasteiger partial charge on any atom is -0.497 e. The Morgan fingerprint density at radius 2 is 2.30 bits per heavy atom. The van der Waals surface area contributed by atoms with Gasteiger partial charge in [0.1, 0.15) is 12.4 Å². The number of benzene rings is 1. The molecule has 0 radical (unpaired) electrons. The molecule has 1 aromatic carbocycles. The van der Waals surface area contributed by atoms with Crippen molar-refractivity contribution in [3.8, 4) is 5.75 Å². The van der Waals surface area contributed by atoms with Gasteiger partial charge in [0.2, 0.25) is 0 Å². The summed E-state index contributed by atoms with van der Waals surface area (Å²) in [5.74, 6) is 0.824. The van der Waals surface area contributed by atoms with Gasteiger partial charge >= 0.3 is 6.09 Å². The smallest absolute Gasteiger partial charge is 0.414 e. The second-order valence-electron chi connectivity index (χ2n) is 5.25. The number of hydrogen-bond acceptors (Lipinski definition) is 4. The SMILES string of the molecule is CCN1CC[C@H]2COC(=O)N2c2ccc(OC)cc2C1. The lowest BCUT2D eigenvalue weighted by molar-refractivity contribution is 0.177. The predicted molar refractivity (Wildman–Crippen MR) is 76.2 cm³/mol. The van der Waals surface area contributed by atoms with Crippen LogP contribution in [0.5, 0.6) is 5.75 Å². The molecule has 3 rings (SSSR count). The Morgan fingerprint density at radius 3 is 3.05 bits per heavy atom. The van der Waals surface area contributed by atoms with Gasteiger partial charge in [0.15, 0.2) is 0 Å². The summed E-state index contributed by atoms with van der Waals surface area (Å²) in [6.07, 6.45) is 0.719. The summed E-state index contributed by atoms with van der Waals surface area (Å²) in [4.78, 5) is 16.2. The van der Waals surface area contributed by atoms with Gasteiger partial charge in [-0.15, -0.1) is 0 Å². The first kappa shape index (κ1) is 13.2. The van der Waals surface area contributed by atoms with Crippen LogP contribution in [0.15, 0.2) is 18.2 Å². The molecule has 1 atom stereocenters. The van der Waals surface area contributed by atoms with Crippen LogP contribution < -0.4 is 9.64 Å². The number of nitrogens with zero attached hydrogens (tertiary/aromatic N) is 2. The lowest BCUT2D eigenvalue weighted by Gasteiger charge is -2.31. The molecule has 0 aromatic heterocycles. The number of carbonyl (C=O) groups is 1. The Morgan fingerprint density at radius 1 is 1.45 bits per heavy atom. The summed E-state index contributed by atoms with van der Waals surface area (Å²) in [5, 5.41) is 0. The van der Waals surface area contributed by atoms with Crippen LogP contribution in [0.4, 0.5) is 10.5 Å². The molecule has 2 heterocycles. The second-order valence-corrected chi connectivity index (χ2v) is 5.25. The van der Waals surface area contributed by atoms with Crippen molar-refractivity contribution < 1.29 is 14.3 Å². The third-order valence-electron chi connectivity index (χ3n) is 4.13. The highest BCUT2D eigenvalue weighted by atomic mass is 16.6. The summed E-state index contributed by atoms with van der Waals surface area (Å²) in [5.41, 5.74) is 2.08. The van der Waals surface area contributed by atoms with Gasteiger partial charge in [0.05, 0.1) is 18.8 Å². The highest BCUT2D eigenvalue weighted by Crippen LogP contribution is 2.33. The molecule has 2 aliphatic heterocycles. The molecule has 0 bridgehead atoms. The third kappa shape index (κ3) is 2.22. The maximum Gasteiger partial charge on any atom is 0.414 e. The number of anilines is 1. The van der Waals surface area contributed by atoms with Crippen LogP contribution in [-0.2, 0) is 11.3 Å². The van der Waals surface area contributed by atoms with E-state index in [1.54, 1.807) is 7.11 Å². The molecule has 5 nitrogen and oxygen atoms in total. The zero-order valence-corrected chi connectivity index (χ0v) is 12.0. The van der Waals surface area contributed by atoms with Crippen molar-refractivity contribution in [2.45, 2.75) is 25.9 Å².